The van der Waals surface area contributed by atoms with E-state index in [1.807, 2.05) is 6.92 Å². The number of aliphatic hydroxyl groups is 1. The predicted octanol–water partition coefficient (Wildman–Crippen LogP) is 2.52. The van der Waals surface area contributed by atoms with Crippen molar-refractivity contribution < 1.29 is 5.11 Å². The highest BCUT2D eigenvalue weighted by atomic mass is 16.3. The summed E-state index contributed by atoms with van der Waals surface area (Å²) in [6.45, 7) is 8.38. The summed E-state index contributed by atoms with van der Waals surface area (Å²) in [6.07, 6.45) is 0.683. The van der Waals surface area contributed by atoms with Crippen LogP contribution in [-0.2, 0) is 6.42 Å². The number of nitrogens with zero attached hydrogens (tertiary/aromatic N) is 1. The van der Waals surface area contributed by atoms with Crippen molar-refractivity contribution in [2.75, 3.05) is 4.90 Å². The van der Waals surface area contributed by atoms with Gasteiger partial charge in [0.05, 0.1) is 12.1 Å². The lowest BCUT2D eigenvalue weighted by atomic mass is 10.0. The molecule has 0 fully saturated rings. The van der Waals surface area contributed by atoms with E-state index in [0.717, 1.165) is 6.42 Å². The lowest BCUT2D eigenvalue weighted by Crippen LogP contribution is -2.44. The number of rotatable bonds is 2. The maximum Gasteiger partial charge on any atom is 0.0718 e. The quantitative estimate of drug-likeness (QED) is 0.826. The Morgan fingerprint density at radius 2 is 2.00 bits per heavy atom. The largest absolute Gasteiger partial charge is 0.391 e. The van der Waals surface area contributed by atoms with E-state index in [4.69, 9.17) is 0 Å². The topological polar surface area (TPSA) is 23.5 Å². The smallest absolute Gasteiger partial charge is 0.0718 e. The molecule has 1 aromatic carbocycles. The molecule has 1 aliphatic heterocycles. The van der Waals surface area contributed by atoms with Gasteiger partial charge in [0.15, 0.2) is 0 Å². The first-order valence-electron chi connectivity index (χ1n) is 6.06. The second kappa shape index (κ2) is 4.10. The Kier molecular flexibility index (Phi) is 2.94. The van der Waals surface area contributed by atoms with Crippen molar-refractivity contribution in [2.24, 2.45) is 0 Å². The van der Waals surface area contributed by atoms with Crippen molar-refractivity contribution in [3.8, 4) is 0 Å². The monoisotopic (exact) mass is 219 g/mol. The summed E-state index contributed by atoms with van der Waals surface area (Å²) in [5, 5.41) is 9.87. The first-order chi connectivity index (χ1) is 7.50. The molecule has 2 unspecified atom stereocenters. The van der Waals surface area contributed by atoms with Crippen molar-refractivity contribution in [3.63, 3.8) is 0 Å². The molecular formula is C14H21NO. The summed E-state index contributed by atoms with van der Waals surface area (Å²) in [6, 6.07) is 7.25. The van der Waals surface area contributed by atoms with Crippen LogP contribution in [0.1, 0.15) is 31.9 Å². The average molecular weight is 219 g/mol. The predicted molar refractivity (Wildman–Crippen MR) is 68.0 cm³/mol. The van der Waals surface area contributed by atoms with E-state index >= 15 is 0 Å². The molecule has 2 heteroatoms. The molecule has 0 amide bonds. The lowest BCUT2D eigenvalue weighted by Gasteiger charge is -2.33. The first kappa shape index (κ1) is 11.5. The Hall–Kier alpha value is -1.02. The highest BCUT2D eigenvalue weighted by Crippen LogP contribution is 2.35. The van der Waals surface area contributed by atoms with Gasteiger partial charge in [-0.1, -0.05) is 17.7 Å². The highest BCUT2D eigenvalue weighted by Gasteiger charge is 2.33. The van der Waals surface area contributed by atoms with Crippen molar-refractivity contribution in [1.29, 1.82) is 0 Å². The summed E-state index contributed by atoms with van der Waals surface area (Å²) in [7, 11) is 0. The van der Waals surface area contributed by atoms with E-state index in [0.29, 0.717) is 6.04 Å². The molecule has 2 nitrogen and oxygen atoms in total. The van der Waals surface area contributed by atoms with Gasteiger partial charge in [-0.25, -0.2) is 0 Å². The van der Waals surface area contributed by atoms with Gasteiger partial charge in [0, 0.05) is 11.7 Å². The van der Waals surface area contributed by atoms with Crippen LogP contribution in [0.2, 0.25) is 0 Å². The fourth-order valence-corrected chi connectivity index (χ4v) is 2.70. The molecule has 1 aliphatic rings. The second-order valence-electron chi connectivity index (χ2n) is 5.15. The van der Waals surface area contributed by atoms with Gasteiger partial charge in [-0.3, -0.25) is 0 Å². The molecule has 1 heterocycles. The highest BCUT2D eigenvalue weighted by molar-refractivity contribution is 5.61. The van der Waals surface area contributed by atoms with E-state index in [-0.39, 0.29) is 12.1 Å². The number of anilines is 1. The van der Waals surface area contributed by atoms with Crippen molar-refractivity contribution >= 4 is 5.69 Å². The molecule has 0 bridgehead atoms. The summed E-state index contributed by atoms with van der Waals surface area (Å²) >= 11 is 0. The maximum absolute atomic E-state index is 9.87. The van der Waals surface area contributed by atoms with Crippen LogP contribution >= 0.6 is 0 Å². The van der Waals surface area contributed by atoms with E-state index in [1.54, 1.807) is 0 Å². The molecule has 0 radical (unpaired) electrons. The summed E-state index contributed by atoms with van der Waals surface area (Å²) < 4.78 is 0. The molecular weight excluding hydrogens is 198 g/mol. The number of aliphatic hydroxyl groups excluding tert-OH is 1. The van der Waals surface area contributed by atoms with Gasteiger partial charge in [0.1, 0.15) is 0 Å². The first-order valence-corrected chi connectivity index (χ1v) is 6.06. The fourth-order valence-electron chi connectivity index (χ4n) is 2.70. The molecule has 16 heavy (non-hydrogen) atoms. The zero-order valence-corrected chi connectivity index (χ0v) is 10.6. The number of hydrogen-bond donors (Lipinski definition) is 1. The van der Waals surface area contributed by atoms with Gasteiger partial charge in [-0.2, -0.15) is 0 Å². The number of fused-ring (bicyclic) bond motifs is 1. The summed E-state index contributed by atoms with van der Waals surface area (Å²) in [5.41, 5.74) is 3.97. The van der Waals surface area contributed by atoms with Crippen LogP contribution in [0, 0.1) is 6.92 Å². The molecule has 0 aromatic heterocycles. The molecule has 0 saturated carbocycles. The zero-order valence-electron chi connectivity index (χ0n) is 10.6. The van der Waals surface area contributed by atoms with Crippen LogP contribution < -0.4 is 4.90 Å². The third-order valence-corrected chi connectivity index (χ3v) is 3.41. The third-order valence-electron chi connectivity index (χ3n) is 3.41. The van der Waals surface area contributed by atoms with Gasteiger partial charge in [-0.15, -0.1) is 0 Å². The van der Waals surface area contributed by atoms with Gasteiger partial charge in [-0.05, 0) is 45.7 Å². The molecule has 2 rings (SSSR count). The van der Waals surface area contributed by atoms with Crippen LogP contribution in [0.3, 0.4) is 0 Å². The molecule has 0 aliphatic carbocycles. The average Bonchev–Trinajstić information content (AvgIpc) is 2.55. The molecule has 2 atom stereocenters. The Labute approximate surface area is 97.9 Å². The van der Waals surface area contributed by atoms with E-state index in [1.165, 1.54) is 16.8 Å². The molecule has 1 N–H and O–H groups in total. The Morgan fingerprint density at radius 3 is 2.56 bits per heavy atom. The van der Waals surface area contributed by atoms with Gasteiger partial charge in [0.25, 0.3) is 0 Å². The third kappa shape index (κ3) is 1.82. The lowest BCUT2D eigenvalue weighted by molar-refractivity contribution is 0.159. The summed E-state index contributed by atoms with van der Waals surface area (Å²) in [5.74, 6) is 0. The van der Waals surface area contributed by atoms with Crippen LogP contribution in [0.4, 0.5) is 5.69 Å². The Balaban J connectivity index is 2.41. The van der Waals surface area contributed by atoms with Crippen molar-refractivity contribution in [1.82, 2.24) is 0 Å². The van der Waals surface area contributed by atoms with Crippen molar-refractivity contribution in [2.45, 2.75) is 52.3 Å². The molecule has 0 saturated heterocycles. The minimum absolute atomic E-state index is 0.233. The minimum Gasteiger partial charge on any atom is -0.391 e. The van der Waals surface area contributed by atoms with E-state index in [2.05, 4.69) is 43.9 Å². The number of hydrogen-bond acceptors (Lipinski definition) is 2. The number of aryl methyl sites for hydroxylation is 1. The SMILES string of the molecule is Cc1ccc2c(c1)CC(C(C)O)N2C(C)C. The minimum atomic E-state index is -0.282. The van der Waals surface area contributed by atoms with Crippen LogP contribution in [0.15, 0.2) is 18.2 Å². The zero-order chi connectivity index (χ0) is 11.9. The van der Waals surface area contributed by atoms with Crippen LogP contribution in [0.5, 0.6) is 0 Å². The summed E-state index contributed by atoms with van der Waals surface area (Å²) in [4.78, 5) is 2.35. The molecule has 0 spiro atoms. The van der Waals surface area contributed by atoms with Gasteiger partial charge < -0.3 is 10.0 Å². The van der Waals surface area contributed by atoms with E-state index < -0.39 is 0 Å². The fraction of sp³-hybridized carbons (Fsp3) is 0.571. The Morgan fingerprint density at radius 1 is 1.31 bits per heavy atom. The molecule has 1 aromatic rings. The van der Waals surface area contributed by atoms with E-state index in [9.17, 15) is 5.11 Å². The van der Waals surface area contributed by atoms with Gasteiger partial charge in [0.2, 0.25) is 0 Å². The maximum atomic E-state index is 9.87. The standard InChI is InChI=1S/C14H21NO/c1-9(2)15-13-6-5-10(3)7-12(13)8-14(15)11(4)16/h5-7,9,11,14,16H,8H2,1-4H3. The van der Waals surface area contributed by atoms with Gasteiger partial charge >= 0.3 is 0 Å². The van der Waals surface area contributed by atoms with Crippen molar-refractivity contribution in [3.05, 3.63) is 29.3 Å². The second-order valence-corrected chi connectivity index (χ2v) is 5.15. The van der Waals surface area contributed by atoms with Crippen LogP contribution in [-0.4, -0.2) is 23.3 Å². The number of benzene rings is 1. The Bertz CT molecular complexity index is 384. The normalized spacial score (nSPS) is 21.4. The molecule has 88 valence electrons. The van der Waals surface area contributed by atoms with Crippen LogP contribution in [0.25, 0.3) is 0 Å².